The van der Waals surface area contributed by atoms with Gasteiger partial charge in [0.1, 0.15) is 17.9 Å². The van der Waals surface area contributed by atoms with Crippen molar-refractivity contribution in [3.05, 3.63) is 71.1 Å². The number of fused-ring (bicyclic) bond motifs is 1. The first-order valence-electron chi connectivity index (χ1n) is 9.66. The summed E-state index contributed by atoms with van der Waals surface area (Å²) in [7, 11) is -4.67. The summed E-state index contributed by atoms with van der Waals surface area (Å²) >= 11 is 5.96. The highest BCUT2D eigenvalue weighted by Crippen LogP contribution is 2.34. The van der Waals surface area contributed by atoms with Crippen LogP contribution in [0.25, 0.3) is 28.0 Å². The fourth-order valence-electron chi connectivity index (χ4n) is 3.36. The van der Waals surface area contributed by atoms with Crippen LogP contribution in [0.2, 0.25) is 5.02 Å². The van der Waals surface area contributed by atoms with Crippen molar-refractivity contribution in [2.24, 2.45) is 5.14 Å². The molecular formula is C21H14ClF4N5O3S. The zero-order valence-corrected chi connectivity index (χ0v) is 18.9. The van der Waals surface area contributed by atoms with Gasteiger partial charge in [0, 0.05) is 22.3 Å². The normalized spacial score (nSPS) is 12.2. The minimum atomic E-state index is -4.76. The van der Waals surface area contributed by atoms with Crippen LogP contribution in [0.5, 0.6) is 0 Å². The van der Waals surface area contributed by atoms with E-state index in [0.29, 0.717) is 21.7 Å². The molecular weight excluding hydrogens is 514 g/mol. The molecule has 0 saturated carbocycles. The lowest BCUT2D eigenvalue weighted by Crippen LogP contribution is -2.34. The molecule has 0 bridgehead atoms. The Morgan fingerprint density at radius 2 is 1.66 bits per heavy atom. The van der Waals surface area contributed by atoms with Crippen LogP contribution in [0, 0.1) is 5.82 Å². The third kappa shape index (κ3) is 5.11. The second-order valence-electron chi connectivity index (χ2n) is 7.29. The largest absolute Gasteiger partial charge is 0.405 e. The fourth-order valence-corrected chi connectivity index (χ4v) is 4.15. The molecule has 182 valence electrons. The Kier molecular flexibility index (Phi) is 6.25. The maximum Gasteiger partial charge on any atom is 0.405 e. The van der Waals surface area contributed by atoms with Gasteiger partial charge in [0.05, 0.1) is 5.69 Å². The molecule has 0 aliphatic carbocycles. The summed E-state index contributed by atoms with van der Waals surface area (Å²) in [6.45, 7) is -1.72. The van der Waals surface area contributed by atoms with E-state index in [1.165, 1.54) is 18.3 Å². The maximum absolute atomic E-state index is 13.6. The van der Waals surface area contributed by atoms with E-state index in [4.69, 9.17) is 16.7 Å². The van der Waals surface area contributed by atoms with E-state index in [9.17, 15) is 30.8 Å². The molecule has 0 fully saturated rings. The number of carbonyl (C=O) groups excluding carboxylic acids is 1. The predicted octanol–water partition coefficient (Wildman–Crippen LogP) is 3.80. The highest BCUT2D eigenvalue weighted by molar-refractivity contribution is 7.89. The van der Waals surface area contributed by atoms with E-state index in [2.05, 4.69) is 10.1 Å². The SMILES string of the molecule is NS(=O)(=O)c1nn2c(-c3ccc(F)cc3)c(-c3ccc(Cl)cc3)cnc2c1C(=O)NCC(F)(F)F. The first-order chi connectivity index (χ1) is 16.3. The summed E-state index contributed by atoms with van der Waals surface area (Å²) < 4.78 is 77.0. The van der Waals surface area contributed by atoms with Crippen molar-refractivity contribution in [1.29, 1.82) is 0 Å². The van der Waals surface area contributed by atoms with Crippen molar-refractivity contribution in [2.75, 3.05) is 6.54 Å². The third-order valence-corrected chi connectivity index (χ3v) is 5.91. The highest BCUT2D eigenvalue weighted by atomic mass is 35.5. The molecule has 0 saturated heterocycles. The van der Waals surface area contributed by atoms with Crippen LogP contribution >= 0.6 is 11.6 Å². The van der Waals surface area contributed by atoms with Gasteiger partial charge < -0.3 is 5.32 Å². The molecule has 14 heteroatoms. The Bertz CT molecular complexity index is 1540. The van der Waals surface area contributed by atoms with Gasteiger partial charge in [-0.3, -0.25) is 4.79 Å². The minimum Gasteiger partial charge on any atom is -0.343 e. The van der Waals surface area contributed by atoms with Crippen LogP contribution < -0.4 is 10.5 Å². The number of carbonyl (C=O) groups is 1. The molecule has 2 aromatic carbocycles. The second-order valence-corrected chi connectivity index (χ2v) is 9.21. The summed E-state index contributed by atoms with van der Waals surface area (Å²) in [4.78, 5) is 16.7. The Labute approximate surface area is 200 Å². The number of nitrogens with two attached hydrogens (primary N) is 1. The summed E-state index contributed by atoms with van der Waals surface area (Å²) in [6.07, 6.45) is -3.47. The number of nitrogens with zero attached hydrogens (tertiary/aromatic N) is 3. The van der Waals surface area contributed by atoms with E-state index < -0.39 is 45.1 Å². The van der Waals surface area contributed by atoms with Crippen molar-refractivity contribution in [3.63, 3.8) is 0 Å². The van der Waals surface area contributed by atoms with Gasteiger partial charge in [-0.15, -0.1) is 0 Å². The lowest BCUT2D eigenvalue weighted by molar-refractivity contribution is -0.123. The molecule has 0 unspecified atom stereocenters. The van der Waals surface area contributed by atoms with Crippen LogP contribution in [0.4, 0.5) is 17.6 Å². The number of amides is 1. The molecule has 2 aromatic heterocycles. The molecule has 0 aliphatic rings. The molecule has 3 N–H and O–H groups in total. The van der Waals surface area contributed by atoms with E-state index in [1.807, 2.05) is 0 Å². The molecule has 0 atom stereocenters. The van der Waals surface area contributed by atoms with Crippen molar-refractivity contribution < 1.29 is 30.8 Å². The smallest absolute Gasteiger partial charge is 0.343 e. The van der Waals surface area contributed by atoms with Crippen molar-refractivity contribution in [3.8, 4) is 22.4 Å². The number of halogens is 5. The molecule has 4 aromatic rings. The van der Waals surface area contributed by atoms with E-state index in [-0.39, 0.29) is 11.3 Å². The van der Waals surface area contributed by atoms with Crippen molar-refractivity contribution in [2.45, 2.75) is 11.2 Å². The Morgan fingerprint density at radius 1 is 1.06 bits per heavy atom. The number of primary sulfonamides is 1. The fraction of sp³-hybridized carbons (Fsp3) is 0.0952. The average molecular weight is 528 g/mol. The zero-order chi connectivity index (χ0) is 25.5. The summed E-state index contributed by atoms with van der Waals surface area (Å²) in [5.74, 6) is -1.94. The predicted molar refractivity (Wildman–Crippen MR) is 119 cm³/mol. The molecule has 35 heavy (non-hydrogen) atoms. The maximum atomic E-state index is 13.6. The van der Waals surface area contributed by atoms with Gasteiger partial charge in [-0.05, 0) is 42.0 Å². The lowest BCUT2D eigenvalue weighted by Gasteiger charge is -2.12. The minimum absolute atomic E-state index is 0.178. The Hall–Kier alpha value is -3.55. The van der Waals surface area contributed by atoms with Gasteiger partial charge in [0.2, 0.25) is 5.03 Å². The summed E-state index contributed by atoms with van der Waals surface area (Å²) in [6, 6.07) is 11.5. The molecule has 8 nitrogen and oxygen atoms in total. The number of aromatic nitrogens is 3. The molecule has 1 amide bonds. The number of benzene rings is 2. The Morgan fingerprint density at radius 3 is 2.23 bits per heavy atom. The van der Waals surface area contributed by atoms with Gasteiger partial charge in [-0.1, -0.05) is 23.7 Å². The molecule has 0 aliphatic heterocycles. The Balaban J connectivity index is 2.04. The van der Waals surface area contributed by atoms with Gasteiger partial charge in [-0.25, -0.2) is 27.4 Å². The number of sulfonamides is 1. The first kappa shape index (κ1) is 24.6. The lowest BCUT2D eigenvalue weighted by atomic mass is 10.0. The molecule has 2 heterocycles. The monoisotopic (exact) mass is 527 g/mol. The van der Waals surface area contributed by atoms with E-state index >= 15 is 0 Å². The number of hydrogen-bond acceptors (Lipinski definition) is 5. The molecule has 0 spiro atoms. The van der Waals surface area contributed by atoms with Gasteiger partial charge >= 0.3 is 6.18 Å². The summed E-state index contributed by atoms with van der Waals surface area (Å²) in [5, 5.41) is 10.2. The summed E-state index contributed by atoms with van der Waals surface area (Å²) in [5.41, 5.74) is 0.324. The van der Waals surface area contributed by atoms with Crippen LogP contribution in [0.1, 0.15) is 10.4 Å². The zero-order valence-electron chi connectivity index (χ0n) is 17.3. The molecule has 0 radical (unpaired) electrons. The van der Waals surface area contributed by atoms with Crippen LogP contribution in [-0.4, -0.2) is 41.6 Å². The number of alkyl halides is 3. The number of rotatable bonds is 5. The third-order valence-electron chi connectivity index (χ3n) is 4.83. The van der Waals surface area contributed by atoms with Gasteiger partial charge in [0.25, 0.3) is 15.9 Å². The molecule has 4 rings (SSSR count). The average Bonchev–Trinajstić information content (AvgIpc) is 3.18. The van der Waals surface area contributed by atoms with Crippen LogP contribution in [-0.2, 0) is 10.0 Å². The second kappa shape index (κ2) is 8.91. The van der Waals surface area contributed by atoms with Crippen LogP contribution in [0.15, 0.2) is 59.8 Å². The highest BCUT2D eigenvalue weighted by Gasteiger charge is 2.33. The number of nitrogens with one attached hydrogen (secondary N) is 1. The van der Waals surface area contributed by atoms with Crippen LogP contribution in [0.3, 0.4) is 0 Å². The van der Waals surface area contributed by atoms with Crippen molar-refractivity contribution >= 4 is 33.2 Å². The number of hydrogen-bond donors (Lipinski definition) is 2. The quantitative estimate of drug-likeness (QED) is 0.383. The standard InChI is InChI=1S/C21H14ClF4N5O3S/c22-13-5-1-11(2-6-13)15-9-28-18-16(19(32)29-10-21(24,25)26)20(35(27,33)34)30-31(18)17(15)12-3-7-14(23)8-4-12/h1-9H,10H2,(H,29,32)(H2,27,33,34). The topological polar surface area (TPSA) is 119 Å². The van der Waals surface area contributed by atoms with E-state index in [0.717, 1.165) is 16.6 Å². The first-order valence-corrected chi connectivity index (χ1v) is 11.6. The van der Waals surface area contributed by atoms with Crippen molar-refractivity contribution in [1.82, 2.24) is 19.9 Å². The van der Waals surface area contributed by atoms with E-state index in [1.54, 1.807) is 29.6 Å². The van der Waals surface area contributed by atoms with Gasteiger partial charge in [0.15, 0.2) is 5.65 Å². The van der Waals surface area contributed by atoms with Gasteiger partial charge in [-0.2, -0.15) is 18.3 Å².